The maximum Gasteiger partial charge on any atom is 0.244 e. The third-order valence-electron chi connectivity index (χ3n) is 7.66. The molecule has 210 valence electrons. The van der Waals surface area contributed by atoms with Gasteiger partial charge in [-0.15, -0.1) is 0 Å². The normalized spacial score (nSPS) is 18.6. The van der Waals surface area contributed by atoms with Crippen LogP contribution in [-0.2, 0) is 23.0 Å². The van der Waals surface area contributed by atoms with E-state index in [0.717, 1.165) is 66.4 Å². The van der Waals surface area contributed by atoms with Gasteiger partial charge in [0.2, 0.25) is 10.0 Å². The zero-order valence-electron chi connectivity index (χ0n) is 22.8. The second-order valence-corrected chi connectivity index (χ2v) is 12.2. The summed E-state index contributed by atoms with van der Waals surface area (Å²) < 4.78 is 43.7. The molecule has 8 nitrogen and oxygen atoms in total. The molecule has 10 heteroatoms. The highest BCUT2D eigenvalue weighted by atomic mass is 32.2. The maximum absolute atomic E-state index is 13.5. The molecule has 3 aromatic rings. The minimum Gasteiger partial charge on any atom is -0.354 e. The molecule has 4 heterocycles. The van der Waals surface area contributed by atoms with Gasteiger partial charge in [-0.05, 0) is 60.9 Å². The summed E-state index contributed by atoms with van der Waals surface area (Å²) in [6, 6.07) is 9.94. The summed E-state index contributed by atoms with van der Waals surface area (Å²) in [5.74, 6) is 0.545. The Kier molecular flexibility index (Phi) is 8.30. The van der Waals surface area contributed by atoms with Crippen molar-refractivity contribution in [1.29, 1.82) is 0 Å². The van der Waals surface area contributed by atoms with E-state index in [1.165, 1.54) is 22.6 Å². The Bertz CT molecular complexity index is 1500. The van der Waals surface area contributed by atoms with Gasteiger partial charge in [-0.3, -0.25) is 0 Å². The van der Waals surface area contributed by atoms with E-state index in [1.807, 2.05) is 4.57 Å². The van der Waals surface area contributed by atoms with Crippen molar-refractivity contribution in [2.45, 2.75) is 24.3 Å². The minimum atomic E-state index is -3.72. The molecule has 2 aliphatic heterocycles. The third-order valence-corrected chi connectivity index (χ3v) is 9.49. The van der Waals surface area contributed by atoms with Gasteiger partial charge in [-0.1, -0.05) is 31.4 Å². The number of likely N-dealkylation sites (N-methyl/N-ethyl adjacent to an activating group) is 1. The van der Waals surface area contributed by atoms with Crippen molar-refractivity contribution < 1.29 is 12.8 Å². The van der Waals surface area contributed by atoms with Crippen molar-refractivity contribution in [3.8, 4) is 0 Å². The van der Waals surface area contributed by atoms with Crippen LogP contribution in [0.3, 0.4) is 0 Å². The molecule has 0 saturated carbocycles. The Labute approximate surface area is 235 Å². The van der Waals surface area contributed by atoms with Crippen molar-refractivity contribution >= 4 is 21.4 Å². The number of piperidine rings is 1. The van der Waals surface area contributed by atoms with Gasteiger partial charge in [-0.25, -0.2) is 22.8 Å². The van der Waals surface area contributed by atoms with Gasteiger partial charge in [0, 0.05) is 57.6 Å². The Morgan fingerprint density at radius 3 is 2.45 bits per heavy atom. The fraction of sp³-hybridized carbons (Fsp3) is 0.333. The molecule has 2 aliphatic rings. The van der Waals surface area contributed by atoms with Gasteiger partial charge < -0.3 is 14.4 Å². The van der Waals surface area contributed by atoms with Crippen molar-refractivity contribution in [1.82, 2.24) is 23.7 Å². The summed E-state index contributed by atoms with van der Waals surface area (Å²) in [7, 11) is -1.63. The van der Waals surface area contributed by atoms with Gasteiger partial charge in [0.05, 0.1) is 18.2 Å². The number of pyridine rings is 1. The molecule has 0 N–H and O–H groups in total. The summed E-state index contributed by atoms with van der Waals surface area (Å²) >= 11 is 0. The zero-order chi connectivity index (χ0) is 28.3. The average Bonchev–Trinajstić information content (AvgIpc) is 3.42. The second-order valence-electron chi connectivity index (χ2n) is 10.3. The van der Waals surface area contributed by atoms with Crippen molar-refractivity contribution in [2.75, 3.05) is 51.2 Å². The molecule has 5 rings (SSSR count). The van der Waals surface area contributed by atoms with Gasteiger partial charge >= 0.3 is 0 Å². The van der Waals surface area contributed by atoms with Crippen LogP contribution in [0.5, 0.6) is 0 Å². The smallest absolute Gasteiger partial charge is 0.244 e. The predicted molar refractivity (Wildman–Crippen MR) is 156 cm³/mol. The Hall–Kier alpha value is -3.60. The number of anilines is 1. The Morgan fingerprint density at radius 2 is 1.80 bits per heavy atom. The fourth-order valence-corrected chi connectivity index (χ4v) is 6.62. The van der Waals surface area contributed by atoms with Crippen LogP contribution < -0.4 is 4.90 Å². The van der Waals surface area contributed by atoms with Crippen LogP contribution in [0.15, 0.2) is 90.4 Å². The van der Waals surface area contributed by atoms with Crippen LogP contribution in [0.4, 0.5) is 10.2 Å². The first-order valence-corrected chi connectivity index (χ1v) is 14.9. The highest BCUT2D eigenvalue weighted by Crippen LogP contribution is 2.33. The molecule has 2 fully saturated rings. The van der Waals surface area contributed by atoms with E-state index in [1.54, 1.807) is 42.9 Å². The van der Waals surface area contributed by atoms with Gasteiger partial charge in [0.15, 0.2) is 0 Å². The van der Waals surface area contributed by atoms with Crippen molar-refractivity contribution in [3.63, 3.8) is 0 Å². The summed E-state index contributed by atoms with van der Waals surface area (Å²) in [6.45, 7) is 13.1. The van der Waals surface area contributed by atoms with E-state index in [2.05, 4.69) is 40.0 Å². The number of hydrogen-bond donors (Lipinski definition) is 0. The molecule has 0 amide bonds. The minimum absolute atomic E-state index is 0.188. The van der Waals surface area contributed by atoms with Crippen LogP contribution in [-0.4, -0.2) is 78.5 Å². The lowest BCUT2D eigenvalue weighted by Crippen LogP contribution is -2.44. The molecule has 0 unspecified atom stereocenters. The highest BCUT2D eigenvalue weighted by molar-refractivity contribution is 7.89. The molecule has 0 atom stereocenters. The van der Waals surface area contributed by atoms with E-state index in [0.29, 0.717) is 19.5 Å². The molecular formula is C30H35FN6O2S. The third kappa shape index (κ3) is 5.94. The summed E-state index contributed by atoms with van der Waals surface area (Å²) in [4.78, 5) is 13.5. The van der Waals surface area contributed by atoms with Crippen LogP contribution in [0.2, 0.25) is 0 Å². The first kappa shape index (κ1) is 27.9. The van der Waals surface area contributed by atoms with Crippen molar-refractivity contribution in [2.24, 2.45) is 0 Å². The number of benzene rings is 1. The highest BCUT2D eigenvalue weighted by Gasteiger charge is 2.31. The van der Waals surface area contributed by atoms with Gasteiger partial charge in [0.25, 0.3) is 0 Å². The number of allylic oxidation sites excluding steroid dienone is 2. The Balaban J connectivity index is 1.29. The quantitative estimate of drug-likeness (QED) is 0.413. The van der Waals surface area contributed by atoms with Crippen LogP contribution >= 0.6 is 0 Å². The molecule has 0 radical (unpaired) electrons. The van der Waals surface area contributed by atoms with E-state index < -0.39 is 10.0 Å². The lowest BCUT2D eigenvalue weighted by molar-refractivity contribution is 0.312. The number of sulfonamides is 1. The number of piperazine rings is 1. The largest absolute Gasteiger partial charge is 0.354 e. The number of halogens is 1. The molecule has 40 heavy (non-hydrogen) atoms. The van der Waals surface area contributed by atoms with E-state index >= 15 is 0 Å². The first-order chi connectivity index (χ1) is 19.3. The average molecular weight is 563 g/mol. The number of hydrogen-bond acceptors (Lipinski definition) is 6. The van der Waals surface area contributed by atoms with E-state index in [4.69, 9.17) is 0 Å². The summed E-state index contributed by atoms with van der Waals surface area (Å²) in [5.41, 5.74) is 4.54. The van der Waals surface area contributed by atoms with Gasteiger partial charge in [0.1, 0.15) is 16.5 Å². The number of nitrogens with zero attached hydrogens (tertiary/aromatic N) is 6. The molecule has 2 aromatic heterocycles. The molecular weight excluding hydrogens is 527 g/mol. The van der Waals surface area contributed by atoms with Gasteiger partial charge in [-0.2, -0.15) is 4.31 Å². The maximum atomic E-state index is 13.5. The van der Waals surface area contributed by atoms with E-state index in [9.17, 15) is 12.8 Å². The Morgan fingerprint density at radius 1 is 1.05 bits per heavy atom. The van der Waals surface area contributed by atoms with E-state index in [-0.39, 0.29) is 17.3 Å². The number of rotatable bonds is 8. The molecule has 0 spiro atoms. The van der Waals surface area contributed by atoms with Crippen molar-refractivity contribution in [3.05, 3.63) is 103 Å². The summed E-state index contributed by atoms with van der Waals surface area (Å²) in [5, 5.41) is 0. The standard InChI is InChI=1S/C30H35FN6O2S/c1-4-27(29-20-32-22-36(29)13-11-24-5-7-25(31)8-6-24)28-12-14-37(21-23(28)2)40(38,39)26-9-10-30(33-19-26)35-17-15-34(3)16-18-35/h4-10,19-20,22H,1-2,11-18,21H2,3H3/b28-27+. The predicted octanol–water partition coefficient (Wildman–Crippen LogP) is 4.00. The van der Waals surface area contributed by atoms with Crippen LogP contribution in [0, 0.1) is 5.82 Å². The topological polar surface area (TPSA) is 74.6 Å². The first-order valence-electron chi connectivity index (χ1n) is 13.4. The van der Waals surface area contributed by atoms with Crippen LogP contribution in [0.1, 0.15) is 17.7 Å². The lowest BCUT2D eigenvalue weighted by atomic mass is 9.93. The number of imidazole rings is 1. The molecule has 0 aliphatic carbocycles. The summed E-state index contributed by atoms with van der Waals surface area (Å²) in [6.07, 6.45) is 8.04. The fourth-order valence-electron chi connectivity index (χ4n) is 5.23. The lowest BCUT2D eigenvalue weighted by Gasteiger charge is -2.33. The molecule has 2 saturated heterocycles. The monoisotopic (exact) mass is 562 g/mol. The SMILES string of the molecule is C=C/C(=C1/CCN(S(=O)(=O)c2ccc(N3CCN(C)CC3)nc2)CC1=C)c1cncn1CCc1ccc(F)cc1. The number of aryl methyl sites for hydroxylation is 2. The second kappa shape index (κ2) is 11.9. The molecule has 1 aromatic carbocycles. The number of aromatic nitrogens is 3. The zero-order valence-corrected chi connectivity index (χ0v) is 23.7. The van der Waals surface area contributed by atoms with Crippen LogP contribution in [0.25, 0.3) is 5.57 Å². The molecule has 0 bridgehead atoms.